The van der Waals surface area contributed by atoms with Crippen LogP contribution in [-0.4, -0.2) is 67.0 Å². The molecule has 2 aromatic rings. The highest BCUT2D eigenvalue weighted by Crippen LogP contribution is 2.39. The topological polar surface area (TPSA) is 83.8 Å². The monoisotopic (exact) mass is 541 g/mol. The molecule has 204 valence electrons. The maximum Gasteiger partial charge on any atom is 0.416 e. The second-order valence-electron chi connectivity index (χ2n) is 8.41. The van der Waals surface area contributed by atoms with Crippen molar-refractivity contribution < 1.29 is 54.5 Å². The zero-order valence-corrected chi connectivity index (χ0v) is 19.1. The standard InChI is InChI=1S/C22H22F7N3O5/c23-19-14-7-12(22(27,28)29)1-2-17(14)36-10-16(19)30-20(33)15-8-18-32(31-15)4-3-13(37-18)9-34-5-6-35-11-21(24,25)26/h1-2,7-8,13,16,19H,3-6,9-11H2,(H,30,33). The number of nitrogens with zero attached hydrogens (tertiary/aromatic N) is 2. The van der Waals surface area contributed by atoms with Crippen molar-refractivity contribution in [2.75, 3.05) is 33.0 Å². The van der Waals surface area contributed by atoms with E-state index in [1.165, 1.54) is 10.7 Å². The quantitative estimate of drug-likeness (QED) is 0.404. The van der Waals surface area contributed by atoms with E-state index in [2.05, 4.69) is 15.2 Å². The van der Waals surface area contributed by atoms with Gasteiger partial charge in [-0.15, -0.1) is 0 Å². The van der Waals surface area contributed by atoms with Gasteiger partial charge in [0.15, 0.2) is 11.9 Å². The Morgan fingerprint density at radius 2 is 1.89 bits per heavy atom. The van der Waals surface area contributed by atoms with E-state index in [4.69, 9.17) is 14.2 Å². The van der Waals surface area contributed by atoms with Crippen molar-refractivity contribution in [2.24, 2.45) is 0 Å². The van der Waals surface area contributed by atoms with Crippen LogP contribution < -0.4 is 14.8 Å². The maximum absolute atomic E-state index is 15.0. The Labute approximate surface area is 205 Å². The first kappa shape index (κ1) is 27.0. The molecule has 1 aromatic heterocycles. The van der Waals surface area contributed by atoms with Gasteiger partial charge in [0.1, 0.15) is 25.1 Å². The minimum absolute atomic E-state index is 0.0305. The largest absolute Gasteiger partial charge is 0.491 e. The van der Waals surface area contributed by atoms with E-state index >= 15 is 4.39 Å². The van der Waals surface area contributed by atoms with Gasteiger partial charge in [-0.1, -0.05) is 0 Å². The number of fused-ring (bicyclic) bond motifs is 2. The van der Waals surface area contributed by atoms with E-state index in [1.807, 2.05) is 0 Å². The molecule has 0 aliphatic carbocycles. The lowest BCUT2D eigenvalue weighted by Crippen LogP contribution is -2.44. The normalized spacial score (nSPS) is 21.4. The molecule has 0 radical (unpaired) electrons. The van der Waals surface area contributed by atoms with Crippen molar-refractivity contribution in [1.82, 2.24) is 15.1 Å². The molecule has 0 bridgehead atoms. The molecule has 37 heavy (non-hydrogen) atoms. The van der Waals surface area contributed by atoms with Crippen molar-refractivity contribution in [3.8, 4) is 11.6 Å². The zero-order valence-electron chi connectivity index (χ0n) is 19.1. The fourth-order valence-corrected chi connectivity index (χ4v) is 3.81. The highest BCUT2D eigenvalue weighted by molar-refractivity contribution is 5.92. The van der Waals surface area contributed by atoms with Crippen molar-refractivity contribution in [1.29, 1.82) is 0 Å². The highest BCUT2D eigenvalue weighted by atomic mass is 19.4. The van der Waals surface area contributed by atoms with Gasteiger partial charge >= 0.3 is 12.4 Å². The number of benzene rings is 1. The first-order chi connectivity index (χ1) is 17.4. The summed E-state index contributed by atoms with van der Waals surface area (Å²) in [5.74, 6) is -0.570. The van der Waals surface area contributed by atoms with E-state index in [0.29, 0.717) is 19.0 Å². The molecule has 0 saturated carbocycles. The number of amides is 1. The fraction of sp³-hybridized carbons (Fsp3) is 0.545. The van der Waals surface area contributed by atoms with E-state index in [0.717, 1.165) is 12.1 Å². The van der Waals surface area contributed by atoms with E-state index in [9.17, 15) is 31.1 Å². The van der Waals surface area contributed by atoms with E-state index in [1.54, 1.807) is 0 Å². The molecule has 0 fully saturated rings. The summed E-state index contributed by atoms with van der Waals surface area (Å²) in [6.45, 7) is -1.53. The van der Waals surface area contributed by atoms with Crippen molar-refractivity contribution in [3.63, 3.8) is 0 Å². The average Bonchev–Trinajstić information content (AvgIpc) is 3.25. The van der Waals surface area contributed by atoms with Gasteiger partial charge in [0.2, 0.25) is 5.88 Å². The second-order valence-corrected chi connectivity index (χ2v) is 8.41. The van der Waals surface area contributed by atoms with Gasteiger partial charge in [-0.25, -0.2) is 9.07 Å². The van der Waals surface area contributed by atoms with Crippen LogP contribution in [0.15, 0.2) is 24.3 Å². The third-order valence-corrected chi connectivity index (χ3v) is 5.59. The molecule has 2 aliphatic rings. The molecule has 8 nitrogen and oxygen atoms in total. The lowest BCUT2D eigenvalue weighted by atomic mass is 9.98. The van der Waals surface area contributed by atoms with Gasteiger partial charge < -0.3 is 24.3 Å². The minimum atomic E-state index is -4.66. The third kappa shape index (κ3) is 6.83. The number of rotatable bonds is 8. The van der Waals surface area contributed by atoms with Crippen LogP contribution in [0.2, 0.25) is 0 Å². The number of alkyl halides is 7. The number of carbonyl (C=O) groups excluding carboxylic acids is 1. The van der Waals surface area contributed by atoms with Crippen molar-refractivity contribution >= 4 is 5.91 Å². The first-order valence-electron chi connectivity index (χ1n) is 11.2. The summed E-state index contributed by atoms with van der Waals surface area (Å²) in [5.41, 5.74) is -1.44. The summed E-state index contributed by atoms with van der Waals surface area (Å²) in [7, 11) is 0. The SMILES string of the molecule is O=C(NC1COc2ccc(C(F)(F)F)cc2C1F)c1cc2n(n1)CCC(COCCOCC(F)(F)F)O2. The van der Waals surface area contributed by atoms with Gasteiger partial charge in [-0.3, -0.25) is 4.79 Å². The summed E-state index contributed by atoms with van der Waals surface area (Å²) in [6, 6.07) is 2.57. The van der Waals surface area contributed by atoms with Crippen LogP contribution in [0.1, 0.15) is 34.2 Å². The minimum Gasteiger partial charge on any atom is -0.491 e. The number of nitrogens with one attached hydrogen (secondary N) is 1. The van der Waals surface area contributed by atoms with Crippen LogP contribution in [0.5, 0.6) is 11.6 Å². The third-order valence-electron chi connectivity index (χ3n) is 5.59. The summed E-state index contributed by atoms with van der Waals surface area (Å²) >= 11 is 0. The molecule has 1 aromatic carbocycles. The van der Waals surface area contributed by atoms with Gasteiger partial charge in [0, 0.05) is 24.6 Å². The molecule has 0 spiro atoms. The Balaban J connectivity index is 1.29. The number of hydrogen-bond acceptors (Lipinski definition) is 6. The van der Waals surface area contributed by atoms with Crippen LogP contribution in [0.3, 0.4) is 0 Å². The van der Waals surface area contributed by atoms with Crippen LogP contribution in [-0.2, 0) is 22.2 Å². The predicted octanol–water partition coefficient (Wildman–Crippen LogP) is 3.85. The first-order valence-corrected chi connectivity index (χ1v) is 11.2. The highest BCUT2D eigenvalue weighted by Gasteiger charge is 2.37. The lowest BCUT2D eigenvalue weighted by Gasteiger charge is -2.29. The fourth-order valence-electron chi connectivity index (χ4n) is 3.81. The Hall–Kier alpha value is -3.07. The molecule has 1 N–H and O–H groups in total. The number of aryl methyl sites for hydroxylation is 1. The Morgan fingerprint density at radius 1 is 1.14 bits per heavy atom. The Morgan fingerprint density at radius 3 is 2.62 bits per heavy atom. The average molecular weight is 541 g/mol. The number of ether oxygens (including phenoxy) is 4. The lowest BCUT2D eigenvalue weighted by molar-refractivity contribution is -0.177. The van der Waals surface area contributed by atoms with Gasteiger partial charge in [-0.2, -0.15) is 31.4 Å². The molecule has 0 saturated heterocycles. The molecule has 2 aliphatic heterocycles. The predicted molar refractivity (Wildman–Crippen MR) is 111 cm³/mol. The van der Waals surface area contributed by atoms with Crippen LogP contribution in [0.4, 0.5) is 30.7 Å². The Bertz CT molecular complexity index is 1110. The molecule has 4 rings (SSSR count). The van der Waals surface area contributed by atoms with Crippen molar-refractivity contribution in [2.45, 2.75) is 43.6 Å². The van der Waals surface area contributed by atoms with E-state index in [-0.39, 0.29) is 49.3 Å². The molecular weight excluding hydrogens is 519 g/mol. The van der Waals surface area contributed by atoms with Gasteiger partial charge in [0.25, 0.3) is 5.91 Å². The number of hydrogen-bond donors (Lipinski definition) is 1. The van der Waals surface area contributed by atoms with Crippen LogP contribution in [0, 0.1) is 0 Å². The molecule has 15 heteroatoms. The maximum atomic E-state index is 15.0. The van der Waals surface area contributed by atoms with Crippen LogP contribution >= 0.6 is 0 Å². The Kier molecular flexibility index (Phi) is 7.83. The molecule has 3 atom stereocenters. The van der Waals surface area contributed by atoms with Crippen molar-refractivity contribution in [3.05, 3.63) is 41.1 Å². The second kappa shape index (κ2) is 10.7. The van der Waals surface area contributed by atoms with Crippen LogP contribution in [0.25, 0.3) is 0 Å². The molecule has 3 unspecified atom stereocenters. The summed E-state index contributed by atoms with van der Waals surface area (Å²) in [4.78, 5) is 12.7. The number of halogens is 7. The molecule has 3 heterocycles. The summed E-state index contributed by atoms with van der Waals surface area (Å²) < 4.78 is 112. The zero-order chi connectivity index (χ0) is 26.8. The van der Waals surface area contributed by atoms with E-state index < -0.39 is 48.7 Å². The number of aromatic nitrogens is 2. The van der Waals surface area contributed by atoms with Gasteiger partial charge in [-0.05, 0) is 18.2 Å². The van der Waals surface area contributed by atoms with Gasteiger partial charge in [0.05, 0.1) is 31.4 Å². The molecular formula is C22H22F7N3O5. The summed E-state index contributed by atoms with van der Waals surface area (Å²) in [5, 5.41) is 6.51. The molecule has 1 amide bonds. The smallest absolute Gasteiger partial charge is 0.416 e. The summed E-state index contributed by atoms with van der Waals surface area (Å²) in [6.07, 6.45) is -11.0. The number of carbonyl (C=O) groups is 1.